The second kappa shape index (κ2) is 4.31. The van der Waals surface area contributed by atoms with Gasteiger partial charge in [0.05, 0.1) is 6.34 Å². The standard InChI is InChI=1S/C13H14N2O/c1-9-12(10(2)16)13(15-8-14-9)11-6-4-3-5-7-11/h3-8,13H,1-2H3,(H,14,15). The van der Waals surface area contributed by atoms with E-state index in [2.05, 4.69) is 10.3 Å². The predicted molar refractivity (Wildman–Crippen MR) is 64.2 cm³/mol. The Hall–Kier alpha value is -1.90. The number of Topliss-reactive ketones (excluding diaryl/α,β-unsaturated/α-hetero) is 1. The molecule has 0 saturated heterocycles. The highest BCUT2D eigenvalue weighted by atomic mass is 16.1. The van der Waals surface area contributed by atoms with Crippen molar-refractivity contribution in [2.75, 3.05) is 0 Å². The lowest BCUT2D eigenvalue weighted by atomic mass is 9.94. The minimum atomic E-state index is -0.167. The van der Waals surface area contributed by atoms with Crippen molar-refractivity contribution in [2.24, 2.45) is 4.99 Å². The first-order valence-electron chi connectivity index (χ1n) is 5.25. The van der Waals surface area contributed by atoms with Crippen LogP contribution in [0.5, 0.6) is 0 Å². The Kier molecular flexibility index (Phi) is 2.86. The molecule has 0 aliphatic carbocycles. The van der Waals surface area contributed by atoms with E-state index in [9.17, 15) is 4.79 Å². The van der Waals surface area contributed by atoms with Crippen molar-refractivity contribution >= 4 is 12.1 Å². The van der Waals surface area contributed by atoms with Crippen LogP contribution < -0.4 is 5.32 Å². The minimum absolute atomic E-state index is 0.0655. The highest BCUT2D eigenvalue weighted by molar-refractivity contribution is 5.96. The number of rotatable bonds is 2. The van der Waals surface area contributed by atoms with Gasteiger partial charge in [0.1, 0.15) is 6.04 Å². The molecular formula is C13H14N2O. The normalized spacial score (nSPS) is 19.5. The van der Waals surface area contributed by atoms with Crippen molar-refractivity contribution in [1.82, 2.24) is 5.32 Å². The molecule has 1 aliphatic heterocycles. The van der Waals surface area contributed by atoms with Crippen LogP contribution in [0, 0.1) is 0 Å². The summed E-state index contributed by atoms with van der Waals surface area (Å²) in [6.07, 6.45) is 1.65. The molecule has 0 radical (unpaired) electrons. The average molecular weight is 214 g/mol. The zero-order chi connectivity index (χ0) is 11.5. The summed E-state index contributed by atoms with van der Waals surface area (Å²) >= 11 is 0. The van der Waals surface area contributed by atoms with E-state index in [0.717, 1.165) is 16.8 Å². The molecular weight excluding hydrogens is 200 g/mol. The fraction of sp³-hybridized carbons (Fsp3) is 0.231. The summed E-state index contributed by atoms with van der Waals surface area (Å²) in [5.41, 5.74) is 2.68. The quantitative estimate of drug-likeness (QED) is 0.820. The third kappa shape index (κ3) is 1.89. The van der Waals surface area contributed by atoms with Crippen LogP contribution in [-0.2, 0) is 4.79 Å². The van der Waals surface area contributed by atoms with Gasteiger partial charge in [-0.2, -0.15) is 0 Å². The van der Waals surface area contributed by atoms with Gasteiger partial charge in [-0.05, 0) is 19.4 Å². The highest BCUT2D eigenvalue weighted by Gasteiger charge is 2.23. The van der Waals surface area contributed by atoms with Crippen molar-refractivity contribution in [3.63, 3.8) is 0 Å². The number of hydrogen-bond donors (Lipinski definition) is 1. The van der Waals surface area contributed by atoms with Gasteiger partial charge in [0.25, 0.3) is 0 Å². The Morgan fingerprint density at radius 2 is 2.00 bits per heavy atom. The van der Waals surface area contributed by atoms with Gasteiger partial charge in [-0.3, -0.25) is 9.79 Å². The number of aliphatic imine (C=N–C) groups is 1. The Bertz CT molecular complexity index is 460. The topological polar surface area (TPSA) is 41.5 Å². The summed E-state index contributed by atoms with van der Waals surface area (Å²) in [4.78, 5) is 16.0. The van der Waals surface area contributed by atoms with Crippen LogP contribution in [-0.4, -0.2) is 12.1 Å². The molecule has 1 unspecified atom stereocenters. The largest absolute Gasteiger partial charge is 0.350 e. The Balaban J connectivity index is 2.44. The van der Waals surface area contributed by atoms with Gasteiger partial charge < -0.3 is 5.32 Å². The van der Waals surface area contributed by atoms with Crippen LogP contribution in [0.4, 0.5) is 0 Å². The van der Waals surface area contributed by atoms with Crippen LogP contribution >= 0.6 is 0 Å². The smallest absolute Gasteiger partial charge is 0.160 e. The summed E-state index contributed by atoms with van der Waals surface area (Å²) in [5.74, 6) is 0.0655. The molecule has 0 saturated carbocycles. The van der Waals surface area contributed by atoms with E-state index < -0.39 is 0 Å². The van der Waals surface area contributed by atoms with Crippen molar-refractivity contribution in [2.45, 2.75) is 19.9 Å². The summed E-state index contributed by atoms with van der Waals surface area (Å²) < 4.78 is 0. The van der Waals surface area contributed by atoms with Crippen molar-refractivity contribution < 1.29 is 4.79 Å². The molecule has 1 N–H and O–H groups in total. The highest BCUT2D eigenvalue weighted by Crippen LogP contribution is 2.29. The van der Waals surface area contributed by atoms with E-state index >= 15 is 0 Å². The maximum Gasteiger partial charge on any atom is 0.160 e. The third-order valence-electron chi connectivity index (χ3n) is 2.68. The molecule has 0 aromatic heterocycles. The van der Waals surface area contributed by atoms with Gasteiger partial charge in [0, 0.05) is 11.3 Å². The Morgan fingerprint density at radius 3 is 2.62 bits per heavy atom. The number of allylic oxidation sites excluding steroid dienone is 1. The van der Waals surface area contributed by atoms with E-state index in [1.807, 2.05) is 37.3 Å². The molecule has 1 aliphatic rings. The first-order valence-corrected chi connectivity index (χ1v) is 5.25. The minimum Gasteiger partial charge on any atom is -0.350 e. The number of carbonyl (C=O) groups excluding carboxylic acids is 1. The molecule has 1 aromatic carbocycles. The van der Waals surface area contributed by atoms with Gasteiger partial charge in [-0.25, -0.2) is 0 Å². The fourth-order valence-electron chi connectivity index (χ4n) is 1.91. The Morgan fingerprint density at radius 1 is 1.31 bits per heavy atom. The van der Waals surface area contributed by atoms with Crippen LogP contribution in [0.25, 0.3) is 0 Å². The Labute approximate surface area is 94.9 Å². The van der Waals surface area contributed by atoms with Crippen LogP contribution in [0.1, 0.15) is 25.5 Å². The van der Waals surface area contributed by atoms with Gasteiger partial charge in [0.2, 0.25) is 0 Å². The van der Waals surface area contributed by atoms with Gasteiger partial charge >= 0.3 is 0 Å². The molecule has 0 spiro atoms. The molecule has 0 bridgehead atoms. The molecule has 0 fully saturated rings. The maximum absolute atomic E-state index is 11.6. The number of carbonyl (C=O) groups is 1. The number of benzene rings is 1. The molecule has 1 heterocycles. The van der Waals surface area contributed by atoms with Crippen LogP contribution in [0.15, 0.2) is 46.6 Å². The molecule has 1 aromatic rings. The van der Waals surface area contributed by atoms with Crippen molar-refractivity contribution in [1.29, 1.82) is 0 Å². The molecule has 2 rings (SSSR count). The van der Waals surface area contributed by atoms with E-state index in [0.29, 0.717) is 0 Å². The van der Waals surface area contributed by atoms with E-state index in [4.69, 9.17) is 0 Å². The first-order chi connectivity index (χ1) is 7.70. The van der Waals surface area contributed by atoms with Gasteiger partial charge in [-0.15, -0.1) is 0 Å². The number of ketones is 1. The van der Waals surface area contributed by atoms with E-state index in [1.165, 1.54) is 0 Å². The molecule has 3 nitrogen and oxygen atoms in total. The van der Waals surface area contributed by atoms with Crippen LogP contribution in [0.3, 0.4) is 0 Å². The van der Waals surface area contributed by atoms with Gasteiger partial charge in [-0.1, -0.05) is 30.3 Å². The third-order valence-corrected chi connectivity index (χ3v) is 2.68. The zero-order valence-electron chi connectivity index (χ0n) is 9.40. The van der Waals surface area contributed by atoms with Crippen molar-refractivity contribution in [3.05, 3.63) is 47.2 Å². The number of nitrogens with zero attached hydrogens (tertiary/aromatic N) is 1. The maximum atomic E-state index is 11.6. The van der Waals surface area contributed by atoms with E-state index in [1.54, 1.807) is 13.3 Å². The molecule has 82 valence electrons. The second-order valence-electron chi connectivity index (χ2n) is 3.83. The summed E-state index contributed by atoms with van der Waals surface area (Å²) in [7, 11) is 0. The SMILES string of the molecule is CC(=O)C1=C(C)NC=NC1c1ccccc1. The molecule has 0 amide bonds. The lowest BCUT2D eigenvalue weighted by Gasteiger charge is -2.21. The average Bonchev–Trinajstić information content (AvgIpc) is 2.29. The summed E-state index contributed by atoms with van der Waals surface area (Å²) in [6, 6.07) is 9.69. The van der Waals surface area contributed by atoms with Crippen LogP contribution in [0.2, 0.25) is 0 Å². The monoisotopic (exact) mass is 214 g/mol. The summed E-state index contributed by atoms with van der Waals surface area (Å²) in [5, 5.41) is 2.98. The molecule has 3 heteroatoms. The van der Waals surface area contributed by atoms with E-state index in [-0.39, 0.29) is 11.8 Å². The molecule has 1 atom stereocenters. The lowest BCUT2D eigenvalue weighted by molar-refractivity contribution is -0.113. The molecule has 16 heavy (non-hydrogen) atoms. The van der Waals surface area contributed by atoms with Gasteiger partial charge in [0.15, 0.2) is 5.78 Å². The number of hydrogen-bond acceptors (Lipinski definition) is 3. The number of nitrogens with one attached hydrogen (secondary N) is 1. The second-order valence-corrected chi connectivity index (χ2v) is 3.83. The summed E-state index contributed by atoms with van der Waals surface area (Å²) in [6.45, 7) is 3.48. The predicted octanol–water partition coefficient (Wildman–Crippen LogP) is 2.22. The fourth-order valence-corrected chi connectivity index (χ4v) is 1.91. The lowest BCUT2D eigenvalue weighted by Crippen LogP contribution is -2.23. The first kappa shape index (κ1) is 10.6. The zero-order valence-corrected chi connectivity index (χ0v) is 9.40. The van der Waals surface area contributed by atoms with Crippen molar-refractivity contribution in [3.8, 4) is 0 Å².